The molecule has 0 rings (SSSR count). The van der Waals surface area contributed by atoms with Gasteiger partial charge >= 0.3 is 5.97 Å². The van der Waals surface area contributed by atoms with E-state index in [2.05, 4.69) is 21.3 Å². The van der Waals surface area contributed by atoms with Gasteiger partial charge in [-0.2, -0.15) is 0 Å². The Labute approximate surface area is 343 Å². The average Bonchev–Trinajstić information content (AvgIpc) is 3.20. The van der Waals surface area contributed by atoms with E-state index in [1.807, 2.05) is 0 Å². The molecule has 0 radical (unpaired) electrons. The number of unbranched alkanes of at least 4 members (excludes halogenated alkanes) is 18. The van der Waals surface area contributed by atoms with Gasteiger partial charge < -0.3 is 54.9 Å². The Hall–Kier alpha value is -1.22. The number of nitrogens with one attached hydrogen (secondary N) is 4. The third-order valence-corrected chi connectivity index (χ3v) is 9.65. The van der Waals surface area contributed by atoms with E-state index >= 15 is 0 Å². The lowest BCUT2D eigenvalue weighted by Crippen LogP contribution is -2.25. The van der Waals surface area contributed by atoms with E-state index in [4.69, 9.17) is 28.8 Å². The van der Waals surface area contributed by atoms with Crippen molar-refractivity contribution in [2.45, 2.75) is 154 Å². The van der Waals surface area contributed by atoms with Crippen molar-refractivity contribution in [3.63, 3.8) is 0 Å². The molecule has 56 heavy (non-hydrogen) atoms. The highest BCUT2D eigenvalue weighted by Gasteiger charge is 1.99. The van der Waals surface area contributed by atoms with Crippen LogP contribution in [0, 0.1) is 0 Å². The molecule has 0 unspecified atom stereocenters. The minimum absolute atomic E-state index is 0.249. The maximum absolute atomic E-state index is 10.5. The molecule has 12 heteroatoms. The number of aliphatic carboxylic acids is 1. The van der Waals surface area contributed by atoms with E-state index < -0.39 is 5.97 Å². The average molecular weight is 803 g/mol. The van der Waals surface area contributed by atoms with Crippen molar-refractivity contribution < 1.29 is 38.4 Å². The monoisotopic (exact) mass is 803 g/mol. The normalized spacial score (nSPS) is 11.5. The maximum Gasteiger partial charge on any atom is 0.303 e. The number of rotatable bonds is 52. The standard InChI is InChI=1S/C44H90N4O8/c49-33-39-52-34-21-14-12-10-8-6-4-2-1-3-5-7-9-11-13-17-25-45-27-19-20-28-46-29-22-35-53-40-42-56-43-41-54-36-23-30-48-32-38-55-37-31-47-26-18-15-16-24-44(50)51/h33,45-48H,1-32,34-43H2,(H,50,51). The highest BCUT2D eigenvalue weighted by atomic mass is 16.5. The van der Waals surface area contributed by atoms with Crippen molar-refractivity contribution in [3.8, 4) is 0 Å². The molecule has 0 spiro atoms. The zero-order valence-electron chi connectivity index (χ0n) is 36.1. The molecule has 0 aliphatic rings. The Kier molecular flexibility index (Phi) is 50.7. The first-order chi connectivity index (χ1) is 27.8. The Morgan fingerprint density at radius 2 is 0.643 bits per heavy atom. The fourth-order valence-electron chi connectivity index (χ4n) is 6.29. The second-order valence-corrected chi connectivity index (χ2v) is 15.0. The highest BCUT2D eigenvalue weighted by molar-refractivity contribution is 5.66. The molecule has 0 fully saturated rings. The first kappa shape index (κ1) is 54.8. The van der Waals surface area contributed by atoms with Crippen molar-refractivity contribution in [1.82, 2.24) is 21.3 Å². The molecule has 0 saturated heterocycles. The molecule has 0 aromatic heterocycles. The van der Waals surface area contributed by atoms with Gasteiger partial charge in [-0.1, -0.05) is 96.3 Å². The lowest BCUT2D eigenvalue weighted by atomic mass is 10.0. The van der Waals surface area contributed by atoms with Gasteiger partial charge in [0.05, 0.1) is 39.6 Å². The van der Waals surface area contributed by atoms with E-state index in [-0.39, 0.29) is 13.0 Å². The summed E-state index contributed by atoms with van der Waals surface area (Å²) in [6.45, 7) is 14.2. The summed E-state index contributed by atoms with van der Waals surface area (Å²) in [5, 5.41) is 22.4. The first-order valence-electron chi connectivity index (χ1n) is 23.1. The largest absolute Gasteiger partial charge is 0.481 e. The van der Waals surface area contributed by atoms with Crippen LogP contribution in [0.2, 0.25) is 0 Å². The predicted octanol–water partition coefficient (Wildman–Crippen LogP) is 7.07. The van der Waals surface area contributed by atoms with Crippen LogP contribution in [0.1, 0.15) is 154 Å². The number of aldehydes is 1. The van der Waals surface area contributed by atoms with Crippen LogP contribution >= 0.6 is 0 Å². The first-order valence-corrected chi connectivity index (χ1v) is 23.1. The Morgan fingerprint density at radius 3 is 1.07 bits per heavy atom. The third-order valence-electron chi connectivity index (χ3n) is 9.65. The van der Waals surface area contributed by atoms with E-state index in [0.29, 0.717) is 39.6 Å². The van der Waals surface area contributed by atoms with Gasteiger partial charge in [-0.05, 0) is 90.6 Å². The van der Waals surface area contributed by atoms with E-state index in [1.165, 1.54) is 109 Å². The molecule has 334 valence electrons. The summed E-state index contributed by atoms with van der Waals surface area (Å²) in [6, 6.07) is 0. The number of carboxylic acid groups (broad SMARTS) is 1. The molecule has 0 aromatic carbocycles. The Morgan fingerprint density at radius 1 is 0.339 bits per heavy atom. The molecule has 0 heterocycles. The lowest BCUT2D eigenvalue weighted by Gasteiger charge is -2.09. The van der Waals surface area contributed by atoms with Crippen LogP contribution in [-0.2, 0) is 33.3 Å². The van der Waals surface area contributed by atoms with Crippen molar-refractivity contribution in [1.29, 1.82) is 0 Å². The second kappa shape index (κ2) is 51.8. The van der Waals surface area contributed by atoms with E-state index in [0.717, 1.165) is 117 Å². The van der Waals surface area contributed by atoms with Gasteiger partial charge in [-0.25, -0.2) is 0 Å². The van der Waals surface area contributed by atoms with Crippen LogP contribution in [0.4, 0.5) is 0 Å². The van der Waals surface area contributed by atoms with Gasteiger partial charge in [0.25, 0.3) is 0 Å². The zero-order valence-corrected chi connectivity index (χ0v) is 36.1. The number of hydrogen-bond acceptors (Lipinski definition) is 11. The molecule has 0 aliphatic heterocycles. The van der Waals surface area contributed by atoms with Gasteiger partial charge in [-0.15, -0.1) is 0 Å². The summed E-state index contributed by atoms with van der Waals surface area (Å²) in [5.74, 6) is -0.713. The molecule has 5 N–H and O–H groups in total. The third kappa shape index (κ3) is 52.8. The Balaban J connectivity index is 3.06. The van der Waals surface area contributed by atoms with Gasteiger partial charge in [0.2, 0.25) is 0 Å². The zero-order chi connectivity index (χ0) is 40.3. The SMILES string of the molecule is O=CCOCCCCCCCCCCCCCCCCCCNCCCCNCCCOCCOCCOCCCNCCOCCNCCCCCC(=O)O. The molecule has 0 atom stereocenters. The van der Waals surface area contributed by atoms with Crippen LogP contribution < -0.4 is 21.3 Å². The molecular weight excluding hydrogens is 713 g/mol. The fourth-order valence-corrected chi connectivity index (χ4v) is 6.29. The number of hydrogen-bond donors (Lipinski definition) is 5. The van der Waals surface area contributed by atoms with Crippen LogP contribution in [0.25, 0.3) is 0 Å². The number of ether oxygens (including phenoxy) is 5. The lowest BCUT2D eigenvalue weighted by molar-refractivity contribution is -0.137. The maximum atomic E-state index is 10.5. The van der Waals surface area contributed by atoms with Crippen LogP contribution in [0.15, 0.2) is 0 Å². The summed E-state index contributed by atoms with van der Waals surface area (Å²) in [7, 11) is 0. The molecule has 0 aliphatic carbocycles. The van der Waals surface area contributed by atoms with E-state index in [9.17, 15) is 9.59 Å². The van der Waals surface area contributed by atoms with Gasteiger partial charge in [0, 0.05) is 39.3 Å². The minimum atomic E-state index is -0.713. The van der Waals surface area contributed by atoms with Crippen molar-refractivity contribution >= 4 is 12.3 Å². The number of carboxylic acids is 1. The summed E-state index contributed by atoms with van der Waals surface area (Å²) < 4.78 is 27.7. The van der Waals surface area contributed by atoms with Gasteiger partial charge in [-0.3, -0.25) is 4.79 Å². The smallest absolute Gasteiger partial charge is 0.303 e. The summed E-state index contributed by atoms with van der Waals surface area (Å²) >= 11 is 0. The van der Waals surface area contributed by atoms with Gasteiger partial charge in [0.1, 0.15) is 12.9 Å². The second-order valence-electron chi connectivity index (χ2n) is 15.0. The van der Waals surface area contributed by atoms with Crippen LogP contribution in [0.3, 0.4) is 0 Å². The van der Waals surface area contributed by atoms with Gasteiger partial charge in [0.15, 0.2) is 0 Å². The molecule has 0 bridgehead atoms. The molecular formula is C44H90N4O8. The topological polar surface area (TPSA) is 149 Å². The summed E-state index contributed by atoms with van der Waals surface area (Å²) in [5.41, 5.74) is 0. The van der Waals surface area contributed by atoms with Crippen molar-refractivity contribution in [2.75, 3.05) is 118 Å². The molecule has 12 nitrogen and oxygen atoms in total. The number of carbonyl (C=O) groups excluding carboxylic acids is 1. The molecule has 0 saturated carbocycles. The summed E-state index contributed by atoms with van der Waals surface area (Å²) in [4.78, 5) is 20.6. The van der Waals surface area contributed by atoms with E-state index in [1.54, 1.807) is 0 Å². The van der Waals surface area contributed by atoms with Crippen LogP contribution in [-0.4, -0.2) is 136 Å². The van der Waals surface area contributed by atoms with Crippen LogP contribution in [0.5, 0.6) is 0 Å². The fraction of sp³-hybridized carbons (Fsp3) is 0.955. The Bertz CT molecular complexity index is 756. The molecule has 0 amide bonds. The predicted molar refractivity (Wildman–Crippen MR) is 230 cm³/mol. The van der Waals surface area contributed by atoms with Crippen molar-refractivity contribution in [2.24, 2.45) is 0 Å². The highest BCUT2D eigenvalue weighted by Crippen LogP contribution is 2.13. The minimum Gasteiger partial charge on any atom is -0.481 e. The quantitative estimate of drug-likeness (QED) is 0.0317. The number of carbonyl (C=O) groups is 2. The summed E-state index contributed by atoms with van der Waals surface area (Å²) in [6.07, 6.45) is 29.9. The van der Waals surface area contributed by atoms with Crippen molar-refractivity contribution in [3.05, 3.63) is 0 Å². The molecule has 0 aromatic rings.